The Balaban J connectivity index is 1.45. The van der Waals surface area contributed by atoms with E-state index in [1.807, 2.05) is 0 Å². The predicted octanol–water partition coefficient (Wildman–Crippen LogP) is 5.58. The Morgan fingerprint density at radius 1 is 1.03 bits per heavy atom. The lowest BCUT2D eigenvalue weighted by Gasteiger charge is -2.57. The first kappa shape index (κ1) is 21.2. The Hall–Kier alpha value is -2.69. The fourth-order valence-corrected chi connectivity index (χ4v) is 6.26. The molecule has 32 heavy (non-hydrogen) atoms. The van der Waals surface area contributed by atoms with Crippen LogP contribution < -0.4 is 10.6 Å². The van der Waals surface area contributed by atoms with Crippen molar-refractivity contribution in [2.45, 2.75) is 50.2 Å². The number of nitrogens with zero attached hydrogens (tertiary/aromatic N) is 4. The van der Waals surface area contributed by atoms with E-state index in [1.54, 1.807) is 0 Å². The molecule has 2 heterocycles. The summed E-state index contributed by atoms with van der Waals surface area (Å²) >= 11 is 5.95. The summed E-state index contributed by atoms with van der Waals surface area (Å²) in [4.78, 5) is 23.1. The summed E-state index contributed by atoms with van der Waals surface area (Å²) in [5, 5.41) is 17.6. The number of alkyl halides is 3. The van der Waals surface area contributed by atoms with Crippen molar-refractivity contribution in [1.82, 2.24) is 15.0 Å². The molecule has 4 fully saturated rings. The molecule has 8 nitrogen and oxygen atoms in total. The molecule has 0 aliphatic heterocycles. The summed E-state index contributed by atoms with van der Waals surface area (Å²) < 4.78 is 38.6. The molecule has 0 unspecified atom stereocenters. The first-order valence-electron chi connectivity index (χ1n) is 10.4. The third-order valence-electron chi connectivity index (χ3n) is 6.83. The van der Waals surface area contributed by atoms with Crippen LogP contribution in [0.2, 0.25) is 5.02 Å². The van der Waals surface area contributed by atoms with Crippen LogP contribution >= 0.6 is 11.6 Å². The summed E-state index contributed by atoms with van der Waals surface area (Å²) in [5.74, 6) is 1.62. The Morgan fingerprint density at radius 2 is 1.62 bits per heavy atom. The molecule has 4 aliphatic carbocycles. The van der Waals surface area contributed by atoms with Gasteiger partial charge in [-0.05, 0) is 62.3 Å². The van der Waals surface area contributed by atoms with Crippen LogP contribution in [0.1, 0.15) is 44.1 Å². The fraction of sp³-hybridized carbons (Fsp3) is 0.550. The lowest BCUT2D eigenvalue weighted by atomic mass is 9.53. The van der Waals surface area contributed by atoms with Crippen molar-refractivity contribution in [3.05, 3.63) is 39.3 Å². The van der Waals surface area contributed by atoms with Gasteiger partial charge in [-0.2, -0.15) is 13.2 Å². The maximum atomic E-state index is 12.9. The van der Waals surface area contributed by atoms with Crippen LogP contribution in [0.5, 0.6) is 0 Å². The predicted molar refractivity (Wildman–Crippen MR) is 111 cm³/mol. The van der Waals surface area contributed by atoms with Gasteiger partial charge in [-0.1, -0.05) is 11.6 Å². The molecule has 0 saturated heterocycles. The topological polar surface area (TPSA) is 106 Å². The lowest BCUT2D eigenvalue weighted by Crippen LogP contribution is -2.55. The SMILES string of the molecule is O=[N+]([O-])c1c(Nc2ncc(C(F)(F)F)cc2Cl)ncnc1NC12CC3CC(CC(C3)C1)C2. The van der Waals surface area contributed by atoms with Gasteiger partial charge in [0.05, 0.1) is 15.5 Å². The summed E-state index contributed by atoms with van der Waals surface area (Å²) in [6.07, 6.45) is 3.70. The van der Waals surface area contributed by atoms with Gasteiger partial charge in [0, 0.05) is 11.7 Å². The van der Waals surface area contributed by atoms with Crippen molar-refractivity contribution < 1.29 is 18.1 Å². The zero-order valence-corrected chi connectivity index (χ0v) is 17.6. The molecule has 0 atom stereocenters. The molecule has 4 aliphatic rings. The number of nitro groups is 1. The second-order valence-electron chi connectivity index (χ2n) is 9.18. The number of rotatable bonds is 5. The van der Waals surface area contributed by atoms with Gasteiger partial charge in [0.15, 0.2) is 5.82 Å². The van der Waals surface area contributed by atoms with E-state index >= 15 is 0 Å². The number of halogens is 4. The van der Waals surface area contributed by atoms with E-state index in [2.05, 4.69) is 25.6 Å². The molecule has 12 heteroatoms. The first-order valence-corrected chi connectivity index (χ1v) is 10.8. The number of hydrogen-bond acceptors (Lipinski definition) is 7. The van der Waals surface area contributed by atoms with Gasteiger partial charge in [-0.25, -0.2) is 15.0 Å². The minimum absolute atomic E-state index is 0.0949. The summed E-state index contributed by atoms with van der Waals surface area (Å²) in [6.45, 7) is 0. The van der Waals surface area contributed by atoms with Gasteiger partial charge in [-0.3, -0.25) is 10.1 Å². The van der Waals surface area contributed by atoms with E-state index in [1.165, 1.54) is 25.6 Å². The molecule has 170 valence electrons. The zero-order chi connectivity index (χ0) is 22.7. The summed E-state index contributed by atoms with van der Waals surface area (Å²) in [5.41, 5.74) is -1.63. The molecule has 4 saturated carbocycles. The minimum atomic E-state index is -4.61. The van der Waals surface area contributed by atoms with Gasteiger partial charge in [-0.15, -0.1) is 0 Å². The van der Waals surface area contributed by atoms with E-state index in [9.17, 15) is 23.3 Å². The number of anilines is 3. The average Bonchev–Trinajstić information content (AvgIpc) is 2.67. The number of hydrogen-bond donors (Lipinski definition) is 2. The van der Waals surface area contributed by atoms with Crippen LogP contribution in [0, 0.1) is 27.9 Å². The van der Waals surface area contributed by atoms with Crippen LogP contribution in [0.15, 0.2) is 18.6 Å². The molecule has 0 spiro atoms. The molecular formula is C20H20ClF3N6O2. The van der Waals surface area contributed by atoms with Gasteiger partial charge in [0.1, 0.15) is 6.33 Å². The molecule has 6 rings (SSSR count). The molecule has 2 N–H and O–H groups in total. The second-order valence-corrected chi connectivity index (χ2v) is 9.58. The highest BCUT2D eigenvalue weighted by atomic mass is 35.5. The van der Waals surface area contributed by atoms with E-state index in [4.69, 9.17) is 11.6 Å². The molecule has 0 aromatic carbocycles. The highest BCUT2D eigenvalue weighted by molar-refractivity contribution is 6.33. The van der Waals surface area contributed by atoms with Crippen molar-refractivity contribution in [3.63, 3.8) is 0 Å². The molecule has 0 amide bonds. The average molecular weight is 469 g/mol. The standard InChI is InChI=1S/C20H20ClF3N6O2/c21-14-4-13(20(22,23)24)8-25-16(14)28-17-15(30(31)32)18(27-9-26-17)29-19-5-10-1-11(6-19)3-12(2-10)7-19/h4,8-12H,1-3,5-7H2,(H2,25,26,27,28,29). The Bertz CT molecular complexity index is 1040. The maximum absolute atomic E-state index is 12.9. The molecule has 2 aromatic rings. The molecular weight excluding hydrogens is 449 g/mol. The monoisotopic (exact) mass is 468 g/mol. The van der Waals surface area contributed by atoms with Crippen molar-refractivity contribution in [2.75, 3.05) is 10.6 Å². The van der Waals surface area contributed by atoms with Crippen LogP contribution in [0.3, 0.4) is 0 Å². The van der Waals surface area contributed by atoms with Crippen molar-refractivity contribution in [2.24, 2.45) is 17.8 Å². The van der Waals surface area contributed by atoms with Gasteiger partial charge in [0.2, 0.25) is 11.6 Å². The van der Waals surface area contributed by atoms with Gasteiger partial charge in [0.25, 0.3) is 0 Å². The van der Waals surface area contributed by atoms with E-state index in [-0.39, 0.29) is 33.7 Å². The van der Waals surface area contributed by atoms with Crippen LogP contribution in [-0.2, 0) is 6.18 Å². The van der Waals surface area contributed by atoms with Crippen molar-refractivity contribution in [1.29, 1.82) is 0 Å². The normalized spacial score (nSPS) is 28.6. The molecule has 4 bridgehead atoms. The second kappa shape index (κ2) is 7.43. The van der Waals surface area contributed by atoms with E-state index < -0.39 is 16.7 Å². The third kappa shape index (κ3) is 3.82. The van der Waals surface area contributed by atoms with E-state index in [0.29, 0.717) is 30.0 Å². The summed E-state index contributed by atoms with van der Waals surface area (Å²) in [7, 11) is 0. The molecule has 0 radical (unpaired) electrons. The van der Waals surface area contributed by atoms with Crippen LogP contribution in [0.25, 0.3) is 0 Å². The van der Waals surface area contributed by atoms with E-state index in [0.717, 1.165) is 19.3 Å². The highest BCUT2D eigenvalue weighted by Gasteiger charge is 2.51. The maximum Gasteiger partial charge on any atom is 0.417 e. The first-order chi connectivity index (χ1) is 15.1. The Labute approximate surface area is 186 Å². The number of pyridine rings is 1. The zero-order valence-electron chi connectivity index (χ0n) is 16.8. The largest absolute Gasteiger partial charge is 0.417 e. The Morgan fingerprint density at radius 3 is 2.16 bits per heavy atom. The van der Waals surface area contributed by atoms with Gasteiger partial charge >= 0.3 is 11.9 Å². The fourth-order valence-electron chi connectivity index (χ4n) is 6.05. The minimum Gasteiger partial charge on any atom is -0.359 e. The van der Waals surface area contributed by atoms with Crippen molar-refractivity contribution >= 4 is 34.7 Å². The smallest absolute Gasteiger partial charge is 0.359 e. The number of nitrogens with one attached hydrogen (secondary N) is 2. The van der Waals surface area contributed by atoms with Crippen LogP contribution in [-0.4, -0.2) is 25.4 Å². The Kier molecular flexibility index (Phi) is 4.92. The molecule has 2 aromatic heterocycles. The lowest BCUT2D eigenvalue weighted by molar-refractivity contribution is -0.383. The highest BCUT2D eigenvalue weighted by Crippen LogP contribution is 2.57. The van der Waals surface area contributed by atoms with Gasteiger partial charge < -0.3 is 10.6 Å². The third-order valence-corrected chi connectivity index (χ3v) is 7.12. The van der Waals surface area contributed by atoms with Crippen molar-refractivity contribution in [3.8, 4) is 0 Å². The quantitative estimate of drug-likeness (QED) is 0.436. The van der Waals surface area contributed by atoms with Crippen LogP contribution in [0.4, 0.5) is 36.3 Å². The summed E-state index contributed by atoms with van der Waals surface area (Å²) in [6, 6.07) is 0.707. The number of aromatic nitrogens is 3.